The number of carbonyl (C=O) groups excluding carboxylic acids is 1. The van der Waals surface area contributed by atoms with E-state index in [1.165, 1.54) is 12.1 Å². The minimum absolute atomic E-state index is 0.0241. The van der Waals surface area contributed by atoms with Crippen molar-refractivity contribution in [3.8, 4) is 0 Å². The zero-order valence-electron chi connectivity index (χ0n) is 17.6. The molecule has 0 spiro atoms. The van der Waals surface area contributed by atoms with E-state index in [0.29, 0.717) is 27.9 Å². The zero-order valence-corrected chi connectivity index (χ0v) is 19.1. The third kappa shape index (κ3) is 5.03. The largest absolute Gasteiger partial charge is 0.354 e. The molecule has 166 valence electrons. The predicted octanol–water partition coefficient (Wildman–Crippen LogP) is 5.26. The number of anilines is 2. The maximum absolute atomic E-state index is 12.7. The van der Waals surface area contributed by atoms with Crippen molar-refractivity contribution in [1.82, 2.24) is 5.16 Å². The standard InChI is InChI=1S/C23H22ClN3O4S/c1-14-13-18(24)8-11-20(14)27-32(29,30)19-9-3-16(4-10-19)5-12-21-22(15(2)26-31-21)25-23(28)17-6-7-17/h3-5,8-13,17,27H,6-7H2,1-2H3,(H,25,28). The van der Waals surface area contributed by atoms with Gasteiger partial charge in [0.15, 0.2) is 5.76 Å². The molecule has 4 rings (SSSR count). The highest BCUT2D eigenvalue weighted by molar-refractivity contribution is 7.92. The number of aromatic nitrogens is 1. The first-order chi connectivity index (χ1) is 15.2. The third-order valence-electron chi connectivity index (χ3n) is 5.14. The maximum Gasteiger partial charge on any atom is 0.261 e. The number of carbonyl (C=O) groups is 1. The van der Waals surface area contributed by atoms with E-state index < -0.39 is 10.0 Å². The SMILES string of the molecule is Cc1cc(Cl)ccc1NS(=O)(=O)c1ccc(C=Cc2onc(C)c2NC(=O)C2CC2)cc1. The Balaban J connectivity index is 1.48. The molecule has 1 heterocycles. The second-order valence-electron chi connectivity index (χ2n) is 7.74. The van der Waals surface area contributed by atoms with Crippen LogP contribution in [0.15, 0.2) is 51.9 Å². The topological polar surface area (TPSA) is 101 Å². The molecule has 9 heteroatoms. The van der Waals surface area contributed by atoms with Crippen molar-refractivity contribution in [2.75, 3.05) is 10.0 Å². The number of benzene rings is 2. The lowest BCUT2D eigenvalue weighted by Gasteiger charge is -2.11. The molecule has 0 saturated heterocycles. The van der Waals surface area contributed by atoms with E-state index in [-0.39, 0.29) is 16.7 Å². The van der Waals surface area contributed by atoms with E-state index in [4.69, 9.17) is 16.1 Å². The van der Waals surface area contributed by atoms with E-state index in [9.17, 15) is 13.2 Å². The average molecular weight is 472 g/mol. The molecule has 1 amide bonds. The van der Waals surface area contributed by atoms with Gasteiger partial charge in [-0.15, -0.1) is 0 Å². The molecular weight excluding hydrogens is 450 g/mol. The number of nitrogens with one attached hydrogen (secondary N) is 2. The van der Waals surface area contributed by atoms with E-state index in [1.54, 1.807) is 56.3 Å². The van der Waals surface area contributed by atoms with E-state index in [2.05, 4.69) is 15.2 Å². The lowest BCUT2D eigenvalue weighted by molar-refractivity contribution is -0.117. The molecule has 1 aliphatic carbocycles. The molecule has 1 aromatic heterocycles. The Morgan fingerprint density at radius 1 is 1.12 bits per heavy atom. The highest BCUT2D eigenvalue weighted by Crippen LogP contribution is 2.32. The van der Waals surface area contributed by atoms with Gasteiger partial charge >= 0.3 is 0 Å². The molecule has 2 aromatic carbocycles. The molecule has 0 radical (unpaired) electrons. The molecule has 1 fully saturated rings. The first kappa shape index (κ1) is 22.1. The van der Waals surface area contributed by atoms with Crippen LogP contribution < -0.4 is 10.0 Å². The Kier molecular flexibility index (Phi) is 6.08. The van der Waals surface area contributed by atoms with Gasteiger partial charge in [-0.05, 0) is 74.2 Å². The summed E-state index contributed by atoms with van der Waals surface area (Å²) in [4.78, 5) is 12.2. The Bertz CT molecular complexity index is 1290. The predicted molar refractivity (Wildman–Crippen MR) is 125 cm³/mol. The van der Waals surface area contributed by atoms with Crippen molar-refractivity contribution >= 4 is 51.1 Å². The molecule has 32 heavy (non-hydrogen) atoms. The van der Waals surface area contributed by atoms with Crippen LogP contribution in [0.1, 0.15) is 35.4 Å². The molecule has 3 aromatic rings. The monoisotopic (exact) mass is 471 g/mol. The van der Waals surface area contributed by atoms with Gasteiger partial charge in [0, 0.05) is 10.9 Å². The van der Waals surface area contributed by atoms with Crippen LogP contribution in [-0.2, 0) is 14.8 Å². The second-order valence-corrected chi connectivity index (χ2v) is 9.86. The summed E-state index contributed by atoms with van der Waals surface area (Å²) >= 11 is 5.93. The number of amides is 1. The number of sulfonamides is 1. The van der Waals surface area contributed by atoms with Gasteiger partial charge in [0.1, 0.15) is 11.4 Å². The van der Waals surface area contributed by atoms with Crippen molar-refractivity contribution in [3.63, 3.8) is 0 Å². The quantitative estimate of drug-likeness (QED) is 0.489. The Labute approximate surface area is 191 Å². The van der Waals surface area contributed by atoms with Crippen LogP contribution in [0.2, 0.25) is 5.02 Å². The second kappa shape index (κ2) is 8.80. The summed E-state index contributed by atoms with van der Waals surface area (Å²) in [6.45, 7) is 3.54. The van der Waals surface area contributed by atoms with Crippen molar-refractivity contribution in [3.05, 3.63) is 70.1 Å². The van der Waals surface area contributed by atoms with Crippen molar-refractivity contribution in [1.29, 1.82) is 0 Å². The zero-order chi connectivity index (χ0) is 22.9. The summed E-state index contributed by atoms with van der Waals surface area (Å²) in [5.74, 6) is 0.484. The number of nitrogens with zero attached hydrogens (tertiary/aromatic N) is 1. The lowest BCUT2D eigenvalue weighted by atomic mass is 10.2. The van der Waals surface area contributed by atoms with Crippen LogP contribution in [0, 0.1) is 19.8 Å². The third-order valence-corrected chi connectivity index (χ3v) is 6.75. The number of hydrogen-bond acceptors (Lipinski definition) is 5. The smallest absolute Gasteiger partial charge is 0.261 e. The molecule has 7 nitrogen and oxygen atoms in total. The fourth-order valence-corrected chi connectivity index (χ4v) is 4.46. The summed E-state index contributed by atoms with van der Waals surface area (Å²) in [6.07, 6.45) is 5.27. The first-order valence-electron chi connectivity index (χ1n) is 10.1. The van der Waals surface area contributed by atoms with Gasteiger partial charge in [-0.3, -0.25) is 9.52 Å². The van der Waals surface area contributed by atoms with Gasteiger partial charge < -0.3 is 9.84 Å². The normalized spacial score (nSPS) is 14.0. The molecule has 0 unspecified atom stereocenters. The summed E-state index contributed by atoms with van der Waals surface area (Å²) in [6, 6.07) is 11.4. The van der Waals surface area contributed by atoms with Crippen LogP contribution in [0.5, 0.6) is 0 Å². The number of halogens is 1. The highest BCUT2D eigenvalue weighted by atomic mass is 35.5. The van der Waals surface area contributed by atoms with Crippen molar-refractivity contribution in [2.24, 2.45) is 5.92 Å². The minimum Gasteiger partial charge on any atom is -0.354 e. The van der Waals surface area contributed by atoms with Gasteiger partial charge in [-0.2, -0.15) is 0 Å². The summed E-state index contributed by atoms with van der Waals surface area (Å²) in [5, 5.41) is 7.34. The Morgan fingerprint density at radius 3 is 2.50 bits per heavy atom. The Hall–Kier alpha value is -3.10. The molecule has 0 atom stereocenters. The lowest BCUT2D eigenvalue weighted by Crippen LogP contribution is -2.14. The number of rotatable bonds is 7. The highest BCUT2D eigenvalue weighted by Gasteiger charge is 2.30. The fraction of sp³-hybridized carbons (Fsp3) is 0.217. The Morgan fingerprint density at radius 2 is 1.84 bits per heavy atom. The van der Waals surface area contributed by atoms with E-state index in [1.807, 2.05) is 0 Å². The average Bonchev–Trinajstić information content (AvgIpc) is 3.55. The molecule has 1 saturated carbocycles. The number of hydrogen-bond donors (Lipinski definition) is 2. The van der Waals surface area contributed by atoms with Gasteiger partial charge in [-0.1, -0.05) is 35.0 Å². The molecule has 0 aliphatic heterocycles. The van der Waals surface area contributed by atoms with Crippen LogP contribution in [0.3, 0.4) is 0 Å². The van der Waals surface area contributed by atoms with Crippen molar-refractivity contribution in [2.45, 2.75) is 31.6 Å². The fourth-order valence-electron chi connectivity index (χ4n) is 3.10. The molecule has 1 aliphatic rings. The van der Waals surface area contributed by atoms with Gasteiger partial charge in [0.25, 0.3) is 10.0 Å². The number of aryl methyl sites for hydroxylation is 2. The maximum atomic E-state index is 12.7. The van der Waals surface area contributed by atoms with Gasteiger partial charge in [0.05, 0.1) is 10.6 Å². The summed E-state index contributed by atoms with van der Waals surface area (Å²) in [7, 11) is -3.74. The van der Waals surface area contributed by atoms with Crippen LogP contribution in [0.4, 0.5) is 11.4 Å². The molecule has 2 N–H and O–H groups in total. The van der Waals surface area contributed by atoms with Crippen molar-refractivity contribution < 1.29 is 17.7 Å². The van der Waals surface area contributed by atoms with E-state index >= 15 is 0 Å². The first-order valence-corrected chi connectivity index (χ1v) is 11.9. The molecule has 0 bridgehead atoms. The van der Waals surface area contributed by atoms with E-state index in [0.717, 1.165) is 24.0 Å². The van der Waals surface area contributed by atoms with Gasteiger partial charge in [-0.25, -0.2) is 8.42 Å². The minimum atomic E-state index is -3.74. The van der Waals surface area contributed by atoms with Crippen LogP contribution in [0.25, 0.3) is 12.2 Å². The van der Waals surface area contributed by atoms with Crippen LogP contribution >= 0.6 is 11.6 Å². The van der Waals surface area contributed by atoms with Crippen LogP contribution in [-0.4, -0.2) is 19.5 Å². The summed E-state index contributed by atoms with van der Waals surface area (Å²) < 4.78 is 33.3. The molecular formula is C23H22ClN3O4S. The van der Waals surface area contributed by atoms with Gasteiger partial charge in [0.2, 0.25) is 5.91 Å². The summed E-state index contributed by atoms with van der Waals surface area (Å²) in [5.41, 5.74) is 3.12.